The fraction of sp³-hybridized carbons (Fsp3) is 0.371. The van der Waals surface area contributed by atoms with Gasteiger partial charge < -0.3 is 16.0 Å². The van der Waals surface area contributed by atoms with E-state index in [4.69, 9.17) is 5.73 Å². The smallest absolute Gasteiger partial charge is 0.239 e. The van der Waals surface area contributed by atoms with Crippen LogP contribution in [0.1, 0.15) is 42.7 Å². The van der Waals surface area contributed by atoms with Crippen molar-refractivity contribution in [2.24, 2.45) is 11.7 Å². The summed E-state index contributed by atoms with van der Waals surface area (Å²) in [5, 5.41) is 5.47. The van der Waals surface area contributed by atoms with Gasteiger partial charge >= 0.3 is 0 Å². The van der Waals surface area contributed by atoms with Crippen molar-refractivity contribution in [1.82, 2.24) is 15.1 Å². The van der Waals surface area contributed by atoms with E-state index in [9.17, 15) is 9.59 Å². The summed E-state index contributed by atoms with van der Waals surface area (Å²) in [5.41, 5.74) is 8.29. The number of fused-ring (bicyclic) bond motifs is 1. The first kappa shape index (κ1) is 30.2. The molecule has 1 saturated heterocycles. The van der Waals surface area contributed by atoms with E-state index >= 15 is 0 Å². The normalized spacial score (nSPS) is 20.8. The highest BCUT2D eigenvalue weighted by Gasteiger charge is 2.36. The van der Waals surface area contributed by atoms with Crippen LogP contribution in [0.2, 0.25) is 0 Å². The van der Waals surface area contributed by atoms with Crippen molar-refractivity contribution in [2.45, 2.75) is 43.7 Å². The van der Waals surface area contributed by atoms with Gasteiger partial charge in [-0.25, -0.2) is 0 Å². The van der Waals surface area contributed by atoms with Gasteiger partial charge in [0.1, 0.15) is 0 Å². The molecule has 1 heterocycles. The average molecular weight is 630 g/mol. The summed E-state index contributed by atoms with van der Waals surface area (Å²) in [6.45, 7) is 2.31. The Kier molecular flexibility index (Phi) is 10.3. The van der Waals surface area contributed by atoms with Crippen LogP contribution in [-0.4, -0.2) is 66.9 Å². The number of nitrogens with one attached hydrogen (secondary N) is 1. The molecule has 2 aliphatic rings. The van der Waals surface area contributed by atoms with Gasteiger partial charge in [-0.1, -0.05) is 94.8 Å². The summed E-state index contributed by atoms with van der Waals surface area (Å²) < 4.78 is 1.04. The van der Waals surface area contributed by atoms with Gasteiger partial charge in [0, 0.05) is 36.1 Å². The van der Waals surface area contributed by atoms with Crippen LogP contribution in [0.4, 0.5) is 0 Å². The molecule has 0 spiro atoms. The number of amides is 2. The second kappa shape index (κ2) is 14.3. The maximum absolute atomic E-state index is 14.1. The van der Waals surface area contributed by atoms with Crippen molar-refractivity contribution < 1.29 is 9.59 Å². The van der Waals surface area contributed by atoms with Gasteiger partial charge in [-0.15, -0.1) is 0 Å². The monoisotopic (exact) mass is 628 g/mol. The van der Waals surface area contributed by atoms with Crippen LogP contribution in [0.3, 0.4) is 0 Å². The topological polar surface area (TPSA) is 78.7 Å². The summed E-state index contributed by atoms with van der Waals surface area (Å²) in [7, 11) is 2.03. The minimum absolute atomic E-state index is 0.0346. The van der Waals surface area contributed by atoms with E-state index in [1.165, 1.54) is 11.1 Å². The van der Waals surface area contributed by atoms with Gasteiger partial charge in [0.15, 0.2) is 0 Å². The van der Waals surface area contributed by atoms with Crippen molar-refractivity contribution in [3.05, 3.63) is 105 Å². The number of nitrogens with zero attached hydrogens (tertiary/aromatic N) is 2. The van der Waals surface area contributed by atoms with Crippen LogP contribution < -0.4 is 21.5 Å². The summed E-state index contributed by atoms with van der Waals surface area (Å²) >= 11 is 3.53. The standard InChI is InChI=1S/C35H41BrN4O2/c1-39-31(23-38-34(41)29-15-14-28-22-30(36)17-16-27(28)21-29)18-20-40(35(42)33(39)13-8-19-37)24-32(25-9-4-2-5-10-25)26-11-6-3-7-12-26/h2-7,9-12,14,16-17,21-22,29,31-33H,8,13,15,18-20,23-24,37H2,1H3,(H,38,41)/t29?,31-,33-/m0/s1. The van der Waals surface area contributed by atoms with Crippen molar-refractivity contribution in [1.29, 1.82) is 0 Å². The van der Waals surface area contributed by atoms with Gasteiger partial charge in [-0.3, -0.25) is 14.5 Å². The van der Waals surface area contributed by atoms with Crippen LogP contribution >= 0.6 is 15.9 Å². The highest BCUT2D eigenvalue weighted by Crippen LogP contribution is 2.28. The van der Waals surface area contributed by atoms with E-state index in [1.54, 1.807) is 0 Å². The third kappa shape index (κ3) is 7.20. The van der Waals surface area contributed by atoms with Gasteiger partial charge in [-0.2, -0.15) is 0 Å². The molecule has 5 rings (SSSR count). The molecular formula is C35H41BrN4O2. The third-order valence-electron chi connectivity index (χ3n) is 8.76. The Morgan fingerprint density at radius 1 is 1.02 bits per heavy atom. The van der Waals surface area contributed by atoms with E-state index in [0.29, 0.717) is 39.0 Å². The van der Waals surface area contributed by atoms with Crippen LogP contribution in [0.25, 0.3) is 12.2 Å². The molecule has 3 atom stereocenters. The van der Waals surface area contributed by atoms with E-state index in [-0.39, 0.29) is 35.7 Å². The molecule has 6 nitrogen and oxygen atoms in total. The third-order valence-corrected chi connectivity index (χ3v) is 9.25. The van der Waals surface area contributed by atoms with Gasteiger partial charge in [0.05, 0.1) is 12.0 Å². The zero-order valence-corrected chi connectivity index (χ0v) is 25.9. The van der Waals surface area contributed by atoms with E-state index < -0.39 is 0 Å². The molecule has 220 valence electrons. The minimum atomic E-state index is -0.273. The summed E-state index contributed by atoms with van der Waals surface area (Å²) in [5.74, 6) is 0.0649. The molecule has 0 aromatic heterocycles. The Morgan fingerprint density at radius 3 is 2.38 bits per heavy atom. The molecule has 0 saturated carbocycles. The molecule has 42 heavy (non-hydrogen) atoms. The maximum Gasteiger partial charge on any atom is 0.239 e. The van der Waals surface area contributed by atoms with E-state index in [0.717, 1.165) is 27.8 Å². The Hall–Kier alpha value is -3.26. The van der Waals surface area contributed by atoms with Gasteiger partial charge in [0.25, 0.3) is 0 Å². The van der Waals surface area contributed by atoms with Crippen molar-refractivity contribution in [3.63, 3.8) is 0 Å². The zero-order valence-electron chi connectivity index (χ0n) is 24.3. The number of halogens is 1. The van der Waals surface area contributed by atoms with Crippen LogP contribution in [0, 0.1) is 5.92 Å². The largest absolute Gasteiger partial charge is 0.354 e. The Balaban J connectivity index is 1.31. The molecule has 1 fully saturated rings. The first-order valence-corrected chi connectivity index (χ1v) is 15.8. The fourth-order valence-electron chi connectivity index (χ4n) is 6.26. The lowest BCUT2D eigenvalue weighted by Crippen LogP contribution is -2.50. The lowest BCUT2D eigenvalue weighted by Gasteiger charge is -2.33. The van der Waals surface area contributed by atoms with Crippen molar-refractivity contribution in [3.8, 4) is 0 Å². The molecule has 3 aromatic carbocycles. The Labute approximate surface area is 257 Å². The molecule has 2 amide bonds. The number of carbonyl (C=O) groups is 2. The number of hydrogen-bond donors (Lipinski definition) is 2. The molecule has 7 heteroatoms. The van der Waals surface area contributed by atoms with Gasteiger partial charge in [-0.05, 0) is 73.0 Å². The number of rotatable bonds is 10. The molecule has 3 N–H and O–H groups in total. The second-order valence-corrected chi connectivity index (χ2v) is 12.4. The average Bonchev–Trinajstić information content (AvgIpc) is 3.13. The molecule has 3 aromatic rings. The first-order valence-electron chi connectivity index (χ1n) is 15.0. The SMILES string of the molecule is CN1[C@H](CNC(=O)C2C=c3ccc(Br)cc3=CC2)CCN(CC(c2ccccc2)c2ccccc2)C(=O)[C@@H]1CCCN. The lowest BCUT2D eigenvalue weighted by atomic mass is 9.90. The number of carbonyl (C=O) groups excluding carboxylic acids is 2. The predicted octanol–water partition coefficient (Wildman–Crippen LogP) is 3.62. The molecule has 0 radical (unpaired) electrons. The summed E-state index contributed by atoms with van der Waals surface area (Å²) in [4.78, 5) is 31.6. The molecular weight excluding hydrogens is 588 g/mol. The van der Waals surface area contributed by atoms with Crippen LogP contribution in [0.15, 0.2) is 83.3 Å². The maximum atomic E-state index is 14.1. The number of nitrogens with two attached hydrogens (primary N) is 1. The molecule has 1 aliphatic carbocycles. The quantitative estimate of drug-likeness (QED) is 0.360. The minimum Gasteiger partial charge on any atom is -0.354 e. The first-order chi connectivity index (χ1) is 20.4. The highest BCUT2D eigenvalue weighted by atomic mass is 79.9. The highest BCUT2D eigenvalue weighted by molar-refractivity contribution is 9.10. The van der Waals surface area contributed by atoms with Crippen molar-refractivity contribution in [2.75, 3.05) is 33.2 Å². The molecule has 1 unspecified atom stereocenters. The van der Waals surface area contributed by atoms with Crippen LogP contribution in [0.5, 0.6) is 0 Å². The lowest BCUT2D eigenvalue weighted by molar-refractivity contribution is -0.135. The van der Waals surface area contributed by atoms with Crippen molar-refractivity contribution >= 4 is 39.9 Å². The van der Waals surface area contributed by atoms with Gasteiger partial charge in [0.2, 0.25) is 11.8 Å². The fourth-order valence-corrected chi connectivity index (χ4v) is 6.64. The molecule has 1 aliphatic heterocycles. The second-order valence-electron chi connectivity index (χ2n) is 11.4. The Bertz CT molecular complexity index is 1440. The zero-order chi connectivity index (χ0) is 29.5. The van der Waals surface area contributed by atoms with E-state index in [1.807, 2.05) is 30.1 Å². The molecule has 0 bridgehead atoms. The number of likely N-dealkylation sites (N-methyl/N-ethyl adjacent to an activating group) is 1. The van der Waals surface area contributed by atoms with E-state index in [2.05, 4.69) is 99.0 Å². The summed E-state index contributed by atoms with van der Waals surface area (Å²) in [6.07, 6.45) is 7.15. The predicted molar refractivity (Wildman–Crippen MR) is 173 cm³/mol. The van der Waals surface area contributed by atoms with Crippen LogP contribution in [-0.2, 0) is 9.59 Å². The Morgan fingerprint density at radius 2 is 1.71 bits per heavy atom. The number of hydrogen-bond acceptors (Lipinski definition) is 4. The summed E-state index contributed by atoms with van der Waals surface area (Å²) in [6, 6.07) is 26.8. The number of benzene rings is 3.